The second-order valence-corrected chi connectivity index (χ2v) is 11.4. The van der Waals surface area contributed by atoms with Crippen molar-refractivity contribution < 1.29 is 31.5 Å². The van der Waals surface area contributed by atoms with Crippen LogP contribution in [0, 0.1) is 0 Å². The van der Waals surface area contributed by atoms with Gasteiger partial charge in [-0.15, -0.1) is 0 Å². The van der Waals surface area contributed by atoms with E-state index in [-0.39, 0.29) is 43.0 Å². The molecule has 0 saturated carbocycles. The van der Waals surface area contributed by atoms with Crippen LogP contribution in [0.3, 0.4) is 0 Å². The van der Waals surface area contributed by atoms with Crippen LogP contribution in [-0.2, 0) is 14.8 Å². The van der Waals surface area contributed by atoms with Crippen molar-refractivity contribution >= 4 is 33.5 Å². The van der Waals surface area contributed by atoms with Gasteiger partial charge in [0.05, 0.1) is 17.4 Å². The average molecular weight is 564 g/mol. The van der Waals surface area contributed by atoms with E-state index in [1.54, 1.807) is 48.9 Å². The smallest absolute Gasteiger partial charge is 0.421 e. The van der Waals surface area contributed by atoms with Gasteiger partial charge in [0.1, 0.15) is 11.4 Å². The zero-order chi connectivity index (χ0) is 28.4. The molecule has 0 unspecified atom stereocenters. The highest BCUT2D eigenvalue weighted by atomic mass is 32.2. The second-order valence-electron chi connectivity index (χ2n) is 9.80. The van der Waals surface area contributed by atoms with E-state index >= 15 is 0 Å². The summed E-state index contributed by atoms with van der Waals surface area (Å²) in [7, 11) is -4.42. The molecule has 0 bridgehead atoms. The molecule has 0 aromatic carbocycles. The Kier molecular flexibility index (Phi) is 7.54. The maximum Gasteiger partial charge on any atom is 0.421 e. The summed E-state index contributed by atoms with van der Waals surface area (Å²) >= 11 is 0. The maximum atomic E-state index is 13.8. The number of rotatable bonds is 6. The normalized spacial score (nSPS) is 15.5. The number of carbonyl (C=O) groups excluding carboxylic acids is 2. The number of carbonyl (C=O) groups is 2. The molecule has 2 N–H and O–H groups in total. The number of anilines is 2. The Balaban J connectivity index is 1.60. The van der Waals surface area contributed by atoms with Crippen LogP contribution in [0.15, 0.2) is 54.1 Å². The molecule has 15 heteroatoms. The molecule has 4 heterocycles. The molecular formula is C24H27F2N7O5S. The van der Waals surface area contributed by atoms with Crippen LogP contribution >= 0.6 is 0 Å². The Morgan fingerprint density at radius 2 is 1.82 bits per heavy atom. The number of piperidine rings is 1. The van der Waals surface area contributed by atoms with E-state index < -0.39 is 38.6 Å². The van der Waals surface area contributed by atoms with Crippen molar-refractivity contribution in [3.63, 3.8) is 0 Å². The van der Waals surface area contributed by atoms with Crippen LogP contribution in [0.5, 0.6) is 0 Å². The molecule has 1 saturated heterocycles. The first-order valence-electron chi connectivity index (χ1n) is 11.9. The van der Waals surface area contributed by atoms with Crippen molar-refractivity contribution in [1.82, 2.24) is 24.5 Å². The molecule has 1 aliphatic heterocycles. The predicted octanol–water partition coefficient (Wildman–Crippen LogP) is 3.36. The van der Waals surface area contributed by atoms with Gasteiger partial charge in [-0.2, -0.15) is 13.5 Å². The van der Waals surface area contributed by atoms with Crippen LogP contribution < -0.4 is 14.9 Å². The first kappa shape index (κ1) is 27.9. The third kappa shape index (κ3) is 7.04. The molecule has 1 fully saturated rings. The minimum absolute atomic E-state index is 0.00458. The molecule has 39 heavy (non-hydrogen) atoms. The number of ether oxygens (including phenoxy) is 1. The van der Waals surface area contributed by atoms with E-state index in [9.17, 15) is 26.8 Å². The van der Waals surface area contributed by atoms with Gasteiger partial charge in [-0.25, -0.2) is 32.9 Å². The largest absolute Gasteiger partial charge is 0.443 e. The first-order chi connectivity index (χ1) is 18.2. The molecule has 3 aromatic rings. The lowest BCUT2D eigenvalue weighted by atomic mass is 10.1. The summed E-state index contributed by atoms with van der Waals surface area (Å²) in [6.07, 6.45) is 3.87. The minimum atomic E-state index is -4.42. The highest BCUT2D eigenvalue weighted by Crippen LogP contribution is 2.32. The van der Waals surface area contributed by atoms with Crippen molar-refractivity contribution in [2.45, 2.75) is 50.2 Å². The fourth-order valence-corrected chi connectivity index (χ4v) is 4.60. The third-order valence-corrected chi connectivity index (χ3v) is 6.75. The Hall–Kier alpha value is -4.14. The molecule has 1 aliphatic rings. The van der Waals surface area contributed by atoms with Crippen molar-refractivity contribution in [1.29, 1.82) is 0 Å². The molecule has 0 atom stereocenters. The number of aromatic nitrogens is 4. The highest BCUT2D eigenvalue weighted by Gasteiger charge is 2.35. The van der Waals surface area contributed by atoms with E-state index in [0.29, 0.717) is 5.69 Å². The molecule has 0 aliphatic carbocycles. The van der Waals surface area contributed by atoms with Gasteiger partial charge in [0.2, 0.25) is 0 Å². The standard InChI is InChI=1S/C24H27F2N7O5S/c1-23(2,3)38-22(35)31-39(36,37)19-13-16(5-9-27-19)30-21(34)18-14-17(33-10-4-8-29-33)15-28-20(18)32-11-6-24(25,26)7-12-32/h4-5,8-10,13-15H,6-7,11-12H2,1-3H3,(H,31,35)(H,27,30,34). The molecule has 12 nitrogen and oxygen atoms in total. The number of sulfonamides is 1. The van der Waals surface area contributed by atoms with E-state index in [0.717, 1.165) is 12.3 Å². The number of alkyl halides is 2. The number of amides is 2. The molecule has 208 valence electrons. The zero-order valence-electron chi connectivity index (χ0n) is 21.4. The van der Waals surface area contributed by atoms with Gasteiger partial charge >= 0.3 is 6.09 Å². The summed E-state index contributed by atoms with van der Waals surface area (Å²) in [4.78, 5) is 35.1. The number of halogens is 2. The quantitative estimate of drug-likeness (QED) is 0.460. The van der Waals surface area contributed by atoms with Crippen molar-refractivity contribution in [3.05, 3.63) is 54.6 Å². The van der Waals surface area contributed by atoms with Gasteiger partial charge in [-0.05, 0) is 39.0 Å². The summed E-state index contributed by atoms with van der Waals surface area (Å²) in [5.74, 6) is -3.26. The Morgan fingerprint density at radius 3 is 2.46 bits per heavy atom. The van der Waals surface area contributed by atoms with Gasteiger partial charge in [0, 0.05) is 56.3 Å². The highest BCUT2D eigenvalue weighted by molar-refractivity contribution is 7.90. The molecular weight excluding hydrogens is 536 g/mol. The van der Waals surface area contributed by atoms with E-state index in [4.69, 9.17) is 4.74 Å². The monoisotopic (exact) mass is 563 g/mol. The fourth-order valence-electron chi connectivity index (χ4n) is 3.75. The molecule has 3 aromatic heterocycles. The van der Waals surface area contributed by atoms with Crippen LogP contribution in [0.4, 0.5) is 25.1 Å². The van der Waals surface area contributed by atoms with Gasteiger partial charge < -0.3 is 15.0 Å². The van der Waals surface area contributed by atoms with E-state index in [1.165, 1.54) is 23.0 Å². The first-order valence-corrected chi connectivity index (χ1v) is 13.4. The lowest BCUT2D eigenvalue weighted by Gasteiger charge is -2.33. The van der Waals surface area contributed by atoms with Gasteiger partial charge in [-0.1, -0.05) is 0 Å². The number of nitrogens with one attached hydrogen (secondary N) is 2. The van der Waals surface area contributed by atoms with Crippen LogP contribution in [0.1, 0.15) is 44.0 Å². The van der Waals surface area contributed by atoms with Crippen molar-refractivity contribution in [3.8, 4) is 5.69 Å². The summed E-state index contributed by atoms with van der Waals surface area (Å²) < 4.78 is 61.1. The molecule has 0 radical (unpaired) electrons. The topological polar surface area (TPSA) is 148 Å². The maximum absolute atomic E-state index is 13.8. The summed E-state index contributed by atoms with van der Waals surface area (Å²) in [5, 5.41) is 6.19. The Bertz CT molecular complexity index is 1460. The van der Waals surface area contributed by atoms with Crippen LogP contribution in [0.2, 0.25) is 0 Å². The van der Waals surface area contributed by atoms with E-state index in [2.05, 4.69) is 20.4 Å². The Morgan fingerprint density at radius 1 is 1.10 bits per heavy atom. The fraction of sp³-hybridized carbons (Fsp3) is 0.375. The van der Waals surface area contributed by atoms with Crippen LogP contribution in [0.25, 0.3) is 5.69 Å². The molecule has 4 rings (SSSR count). The number of hydrogen-bond donors (Lipinski definition) is 2. The lowest BCUT2D eigenvalue weighted by Crippen LogP contribution is -2.40. The van der Waals surface area contributed by atoms with Gasteiger partial charge in [0.25, 0.3) is 21.9 Å². The van der Waals surface area contributed by atoms with Crippen molar-refractivity contribution in [2.24, 2.45) is 0 Å². The number of nitrogens with zero attached hydrogens (tertiary/aromatic N) is 5. The lowest BCUT2D eigenvalue weighted by molar-refractivity contribution is -0.0221. The number of hydrogen-bond acceptors (Lipinski definition) is 9. The Labute approximate surface area is 223 Å². The molecule has 2 amide bonds. The molecule has 0 spiro atoms. The van der Waals surface area contributed by atoms with Crippen molar-refractivity contribution in [2.75, 3.05) is 23.3 Å². The van der Waals surface area contributed by atoms with Crippen LogP contribution in [-0.4, -0.2) is 64.8 Å². The predicted molar refractivity (Wildman–Crippen MR) is 136 cm³/mol. The van der Waals surface area contributed by atoms with Gasteiger partial charge in [-0.3, -0.25) is 4.79 Å². The summed E-state index contributed by atoms with van der Waals surface area (Å²) in [6.45, 7) is 4.72. The second kappa shape index (κ2) is 10.6. The third-order valence-electron chi connectivity index (χ3n) is 5.54. The zero-order valence-corrected chi connectivity index (χ0v) is 22.2. The SMILES string of the molecule is CC(C)(C)OC(=O)NS(=O)(=O)c1cc(NC(=O)c2cc(-n3cccn3)cnc2N2CCC(F)(F)CC2)ccn1. The average Bonchev–Trinajstić information content (AvgIpc) is 3.37. The summed E-state index contributed by atoms with van der Waals surface area (Å²) in [5.41, 5.74) is -0.346. The summed E-state index contributed by atoms with van der Waals surface area (Å²) in [6, 6.07) is 5.62. The minimum Gasteiger partial charge on any atom is -0.443 e. The van der Waals surface area contributed by atoms with E-state index in [1.807, 2.05) is 0 Å². The number of pyridine rings is 2. The van der Waals surface area contributed by atoms with Gasteiger partial charge in [0.15, 0.2) is 5.03 Å².